The van der Waals surface area contributed by atoms with Crippen molar-refractivity contribution in [1.82, 2.24) is 5.32 Å². The first kappa shape index (κ1) is 10.5. The highest BCUT2D eigenvalue weighted by Crippen LogP contribution is 2.16. The van der Waals surface area contributed by atoms with E-state index in [1.807, 2.05) is 6.92 Å². The molecule has 2 aliphatic rings. The van der Waals surface area contributed by atoms with Crippen molar-refractivity contribution in [2.45, 2.75) is 26.2 Å². The molecule has 13 heavy (non-hydrogen) atoms. The molecule has 74 valence electrons. The van der Waals surface area contributed by atoms with Crippen LogP contribution in [0.25, 0.3) is 0 Å². The number of rotatable bonds is 1. The van der Waals surface area contributed by atoms with Gasteiger partial charge in [0.15, 0.2) is 0 Å². The molecule has 0 unspecified atom stereocenters. The lowest BCUT2D eigenvalue weighted by molar-refractivity contribution is 0.325. The van der Waals surface area contributed by atoms with E-state index in [9.17, 15) is 0 Å². The number of aliphatic hydroxyl groups is 1. The van der Waals surface area contributed by atoms with Crippen LogP contribution in [0.5, 0.6) is 0 Å². The van der Waals surface area contributed by atoms with Crippen LogP contribution >= 0.6 is 0 Å². The summed E-state index contributed by atoms with van der Waals surface area (Å²) < 4.78 is 0. The Bertz CT molecular complexity index is 198. The maximum Gasteiger partial charge on any atom is 0.0647 e. The van der Waals surface area contributed by atoms with E-state index >= 15 is 0 Å². The van der Waals surface area contributed by atoms with E-state index in [2.05, 4.69) is 17.5 Å². The van der Waals surface area contributed by atoms with Crippen LogP contribution in [0.4, 0.5) is 0 Å². The Morgan fingerprint density at radius 1 is 1.46 bits per heavy atom. The Hall–Kier alpha value is -0.600. The van der Waals surface area contributed by atoms with Crippen molar-refractivity contribution in [3.63, 3.8) is 0 Å². The largest absolute Gasteiger partial charge is 0.392 e. The molecule has 0 saturated carbocycles. The average molecular weight is 181 g/mol. The first-order chi connectivity index (χ1) is 6.34. The highest BCUT2D eigenvalue weighted by Gasteiger charge is 2.01. The van der Waals surface area contributed by atoms with Crippen LogP contribution in [-0.4, -0.2) is 24.8 Å². The summed E-state index contributed by atoms with van der Waals surface area (Å²) in [5, 5.41) is 11.9. The van der Waals surface area contributed by atoms with E-state index in [0.29, 0.717) is 0 Å². The lowest BCUT2D eigenvalue weighted by atomic mass is 10.00. The normalized spacial score (nSPS) is 20.5. The van der Waals surface area contributed by atoms with Crippen LogP contribution in [0.3, 0.4) is 0 Å². The summed E-state index contributed by atoms with van der Waals surface area (Å²) in [6, 6.07) is 0. The Kier molecular flexibility index (Phi) is 4.79. The molecule has 1 heterocycles. The predicted octanol–water partition coefficient (Wildman–Crippen LogP) is 1.62. The first-order valence-electron chi connectivity index (χ1n) is 5.01. The molecule has 0 spiro atoms. The van der Waals surface area contributed by atoms with E-state index < -0.39 is 0 Å². The lowest BCUT2D eigenvalue weighted by Gasteiger charge is -2.09. The van der Waals surface area contributed by atoms with Crippen molar-refractivity contribution in [2.24, 2.45) is 0 Å². The third-order valence-electron chi connectivity index (χ3n) is 2.44. The highest BCUT2D eigenvalue weighted by molar-refractivity contribution is 5.27. The Morgan fingerprint density at radius 2 is 2.08 bits per heavy atom. The minimum absolute atomic E-state index is 0.232. The van der Waals surface area contributed by atoms with Crippen LogP contribution in [0.2, 0.25) is 0 Å². The van der Waals surface area contributed by atoms with Crippen molar-refractivity contribution in [3.8, 4) is 0 Å². The first-order valence-corrected chi connectivity index (χ1v) is 5.01. The molecule has 1 saturated heterocycles. The van der Waals surface area contributed by atoms with Crippen LogP contribution in [0.1, 0.15) is 26.2 Å². The van der Waals surface area contributed by atoms with Crippen LogP contribution in [0, 0.1) is 0 Å². The van der Waals surface area contributed by atoms with Gasteiger partial charge in [0.1, 0.15) is 0 Å². The second-order valence-electron chi connectivity index (χ2n) is 3.49. The Labute approximate surface area is 80.3 Å². The molecule has 0 aromatic rings. The van der Waals surface area contributed by atoms with E-state index in [1.54, 1.807) is 0 Å². The topological polar surface area (TPSA) is 32.3 Å². The third kappa shape index (κ3) is 3.75. The molecule has 2 N–H and O–H groups in total. The predicted molar refractivity (Wildman–Crippen MR) is 55.6 cm³/mol. The molecule has 0 amide bonds. The molecule has 0 atom stereocenters. The quantitative estimate of drug-likeness (QED) is 0.644. The fourth-order valence-electron chi connectivity index (χ4n) is 1.21. The summed E-state index contributed by atoms with van der Waals surface area (Å²) in [7, 11) is 0. The maximum atomic E-state index is 8.77. The smallest absolute Gasteiger partial charge is 0.0647 e. The second-order valence-corrected chi connectivity index (χ2v) is 3.49. The number of nitrogens with one attached hydrogen (secondary N) is 1. The summed E-state index contributed by atoms with van der Waals surface area (Å²) in [5.41, 5.74) is 2.43. The van der Waals surface area contributed by atoms with Gasteiger partial charge in [-0.05, 0) is 50.4 Å². The van der Waals surface area contributed by atoms with Gasteiger partial charge in [0.05, 0.1) is 6.61 Å². The van der Waals surface area contributed by atoms with Gasteiger partial charge in [-0.2, -0.15) is 0 Å². The van der Waals surface area contributed by atoms with Crippen molar-refractivity contribution in [3.05, 3.63) is 23.3 Å². The van der Waals surface area contributed by atoms with E-state index in [0.717, 1.165) is 12.8 Å². The van der Waals surface area contributed by atoms with Crippen molar-refractivity contribution < 1.29 is 5.11 Å². The summed E-state index contributed by atoms with van der Waals surface area (Å²) >= 11 is 0. The summed E-state index contributed by atoms with van der Waals surface area (Å²) in [4.78, 5) is 0. The fraction of sp³-hybridized carbons (Fsp3) is 0.636. The van der Waals surface area contributed by atoms with Crippen LogP contribution < -0.4 is 5.32 Å². The van der Waals surface area contributed by atoms with Gasteiger partial charge in [-0.3, -0.25) is 0 Å². The molecule has 0 radical (unpaired) electrons. The van der Waals surface area contributed by atoms with Gasteiger partial charge in [-0.15, -0.1) is 0 Å². The van der Waals surface area contributed by atoms with Crippen LogP contribution in [-0.2, 0) is 0 Å². The standard InChI is InChI=1S/C8H12O.C3H7N/c1-7-4-2-3-5-8(7)6-9;1-2-4-3-1/h2,4,9H,3,5-6H2,1H3;4H,1-3H2. The highest BCUT2D eigenvalue weighted by atomic mass is 16.3. The molecular formula is C11H19NO. The third-order valence-corrected chi connectivity index (χ3v) is 2.44. The molecule has 2 heteroatoms. The lowest BCUT2D eigenvalue weighted by Crippen LogP contribution is -2.29. The molecule has 0 aromatic heterocycles. The van der Waals surface area contributed by atoms with Crippen LogP contribution in [0.15, 0.2) is 23.3 Å². The maximum absolute atomic E-state index is 8.77. The molecular weight excluding hydrogens is 162 g/mol. The number of hydrogen-bond donors (Lipinski definition) is 2. The van der Waals surface area contributed by atoms with Gasteiger partial charge in [0.2, 0.25) is 0 Å². The molecule has 1 aliphatic carbocycles. The Balaban J connectivity index is 0.000000175. The van der Waals surface area contributed by atoms with E-state index in [4.69, 9.17) is 5.11 Å². The molecule has 1 fully saturated rings. The monoisotopic (exact) mass is 181 g/mol. The SMILES string of the molecule is C1CNC1.CC1=C(CO)CCC=C1. The number of aliphatic hydroxyl groups excluding tert-OH is 1. The van der Waals surface area contributed by atoms with Gasteiger partial charge in [0, 0.05) is 0 Å². The molecule has 0 bridgehead atoms. The zero-order valence-corrected chi connectivity index (χ0v) is 8.34. The average Bonchev–Trinajstić information content (AvgIpc) is 2.02. The summed E-state index contributed by atoms with van der Waals surface area (Å²) in [6.45, 7) is 4.78. The fourth-order valence-corrected chi connectivity index (χ4v) is 1.21. The molecule has 0 aromatic carbocycles. The second kappa shape index (κ2) is 5.95. The zero-order chi connectivity index (χ0) is 9.52. The van der Waals surface area contributed by atoms with Gasteiger partial charge >= 0.3 is 0 Å². The van der Waals surface area contributed by atoms with Gasteiger partial charge < -0.3 is 10.4 Å². The molecule has 2 nitrogen and oxygen atoms in total. The number of allylic oxidation sites excluding steroid dienone is 3. The van der Waals surface area contributed by atoms with Gasteiger partial charge in [0.25, 0.3) is 0 Å². The zero-order valence-electron chi connectivity index (χ0n) is 8.34. The summed E-state index contributed by atoms with van der Waals surface area (Å²) in [6.07, 6.45) is 7.75. The molecule has 1 aliphatic heterocycles. The number of hydrogen-bond acceptors (Lipinski definition) is 2. The van der Waals surface area contributed by atoms with Crippen molar-refractivity contribution in [2.75, 3.05) is 19.7 Å². The minimum Gasteiger partial charge on any atom is -0.392 e. The van der Waals surface area contributed by atoms with Gasteiger partial charge in [-0.25, -0.2) is 0 Å². The molecule has 2 rings (SSSR count). The minimum atomic E-state index is 0.232. The van der Waals surface area contributed by atoms with Crippen molar-refractivity contribution >= 4 is 0 Å². The van der Waals surface area contributed by atoms with Gasteiger partial charge in [-0.1, -0.05) is 12.2 Å². The van der Waals surface area contributed by atoms with Crippen molar-refractivity contribution in [1.29, 1.82) is 0 Å². The van der Waals surface area contributed by atoms with E-state index in [1.165, 1.54) is 30.7 Å². The Morgan fingerprint density at radius 3 is 2.38 bits per heavy atom. The van der Waals surface area contributed by atoms with E-state index in [-0.39, 0.29) is 6.61 Å². The summed E-state index contributed by atoms with van der Waals surface area (Å²) in [5.74, 6) is 0.